The molecule has 0 aromatic heterocycles. The minimum atomic E-state index is 0.149. The van der Waals surface area contributed by atoms with Gasteiger partial charge < -0.3 is 9.47 Å². The average molecular weight is 250 g/mol. The van der Waals surface area contributed by atoms with Crippen molar-refractivity contribution < 1.29 is 9.47 Å². The van der Waals surface area contributed by atoms with Crippen LogP contribution in [-0.4, -0.2) is 14.2 Å². The van der Waals surface area contributed by atoms with Gasteiger partial charge >= 0.3 is 0 Å². The van der Waals surface area contributed by atoms with Gasteiger partial charge in [-0.3, -0.25) is 11.3 Å². The molecule has 1 aliphatic rings. The van der Waals surface area contributed by atoms with Crippen LogP contribution in [-0.2, 0) is 0 Å². The van der Waals surface area contributed by atoms with E-state index < -0.39 is 0 Å². The Balaban J connectivity index is 2.17. The first-order valence-electron chi connectivity index (χ1n) is 6.46. The summed E-state index contributed by atoms with van der Waals surface area (Å²) in [4.78, 5) is 0. The molecule has 0 bridgehead atoms. The fourth-order valence-electron chi connectivity index (χ4n) is 2.45. The Morgan fingerprint density at radius 2 is 2.11 bits per heavy atom. The standard InChI is InChI=1S/C14H22N2O2/c1-17-11-6-7-12(14(9-11)18-2)13(16-15)8-10-4-3-5-10/h6-7,9-10,13,16H,3-5,8,15H2,1-2H3. The molecule has 0 heterocycles. The first-order valence-corrected chi connectivity index (χ1v) is 6.46. The molecule has 2 rings (SSSR count). The summed E-state index contributed by atoms with van der Waals surface area (Å²) in [6.07, 6.45) is 5.05. The third kappa shape index (κ3) is 2.76. The van der Waals surface area contributed by atoms with Gasteiger partial charge in [0.05, 0.1) is 14.2 Å². The van der Waals surface area contributed by atoms with E-state index in [1.165, 1.54) is 19.3 Å². The molecule has 1 atom stereocenters. The van der Waals surface area contributed by atoms with Crippen LogP contribution in [0.4, 0.5) is 0 Å². The number of hydrogen-bond acceptors (Lipinski definition) is 4. The Morgan fingerprint density at radius 3 is 2.61 bits per heavy atom. The molecule has 0 saturated heterocycles. The molecule has 1 saturated carbocycles. The van der Waals surface area contributed by atoms with Gasteiger partial charge in [-0.2, -0.15) is 0 Å². The van der Waals surface area contributed by atoms with Gasteiger partial charge in [-0.15, -0.1) is 0 Å². The third-order valence-electron chi connectivity index (χ3n) is 3.81. The SMILES string of the molecule is COc1ccc(C(CC2CCC2)NN)c(OC)c1. The Kier molecular flexibility index (Phi) is 4.44. The highest BCUT2D eigenvalue weighted by Gasteiger charge is 2.24. The fourth-order valence-corrected chi connectivity index (χ4v) is 2.45. The van der Waals surface area contributed by atoms with E-state index in [1.807, 2.05) is 18.2 Å². The van der Waals surface area contributed by atoms with Gasteiger partial charge in [0.15, 0.2) is 0 Å². The van der Waals surface area contributed by atoms with Gasteiger partial charge in [0, 0.05) is 17.7 Å². The smallest absolute Gasteiger partial charge is 0.127 e. The molecule has 1 unspecified atom stereocenters. The fraction of sp³-hybridized carbons (Fsp3) is 0.571. The summed E-state index contributed by atoms with van der Waals surface area (Å²) in [5.74, 6) is 8.11. The molecule has 1 aromatic rings. The number of nitrogens with one attached hydrogen (secondary N) is 1. The first-order chi connectivity index (χ1) is 8.78. The molecule has 18 heavy (non-hydrogen) atoms. The van der Waals surface area contributed by atoms with Crippen LogP contribution in [0.25, 0.3) is 0 Å². The number of hydrazine groups is 1. The molecular formula is C14H22N2O2. The van der Waals surface area contributed by atoms with Gasteiger partial charge in [-0.25, -0.2) is 0 Å². The summed E-state index contributed by atoms with van der Waals surface area (Å²) >= 11 is 0. The summed E-state index contributed by atoms with van der Waals surface area (Å²) in [6, 6.07) is 6.03. The van der Waals surface area contributed by atoms with Gasteiger partial charge in [-0.05, 0) is 18.4 Å². The van der Waals surface area contributed by atoms with E-state index >= 15 is 0 Å². The van der Waals surface area contributed by atoms with Crippen molar-refractivity contribution in [2.75, 3.05) is 14.2 Å². The maximum atomic E-state index is 5.69. The monoisotopic (exact) mass is 250 g/mol. The molecule has 100 valence electrons. The van der Waals surface area contributed by atoms with Crippen LogP contribution in [0.1, 0.15) is 37.3 Å². The zero-order chi connectivity index (χ0) is 13.0. The lowest BCUT2D eigenvalue weighted by atomic mass is 9.79. The van der Waals surface area contributed by atoms with Crippen molar-refractivity contribution in [1.82, 2.24) is 5.43 Å². The van der Waals surface area contributed by atoms with Gasteiger partial charge in [0.25, 0.3) is 0 Å². The largest absolute Gasteiger partial charge is 0.497 e. The number of rotatable bonds is 6. The van der Waals surface area contributed by atoms with Crippen molar-refractivity contribution in [3.8, 4) is 11.5 Å². The summed E-state index contributed by atoms with van der Waals surface area (Å²) in [5, 5.41) is 0. The van der Waals surface area contributed by atoms with Crippen molar-refractivity contribution in [2.24, 2.45) is 11.8 Å². The number of hydrogen-bond donors (Lipinski definition) is 2. The van der Waals surface area contributed by atoms with E-state index in [0.717, 1.165) is 29.4 Å². The number of methoxy groups -OCH3 is 2. The van der Waals surface area contributed by atoms with E-state index in [1.54, 1.807) is 14.2 Å². The van der Waals surface area contributed by atoms with Gasteiger partial charge in [0.1, 0.15) is 11.5 Å². The zero-order valence-corrected chi connectivity index (χ0v) is 11.1. The lowest BCUT2D eigenvalue weighted by Gasteiger charge is -2.30. The van der Waals surface area contributed by atoms with Crippen molar-refractivity contribution in [2.45, 2.75) is 31.7 Å². The Morgan fingerprint density at radius 1 is 1.33 bits per heavy atom. The predicted octanol–water partition coefficient (Wildman–Crippen LogP) is 2.40. The maximum Gasteiger partial charge on any atom is 0.127 e. The van der Waals surface area contributed by atoms with Crippen molar-refractivity contribution in [3.05, 3.63) is 23.8 Å². The highest BCUT2D eigenvalue weighted by atomic mass is 16.5. The molecule has 0 amide bonds. The van der Waals surface area contributed by atoms with E-state index in [2.05, 4.69) is 5.43 Å². The normalized spacial score (nSPS) is 17.1. The predicted molar refractivity (Wildman–Crippen MR) is 71.6 cm³/mol. The van der Waals surface area contributed by atoms with Crippen LogP contribution in [0.15, 0.2) is 18.2 Å². The Labute approximate surface area is 108 Å². The second-order valence-electron chi connectivity index (χ2n) is 4.86. The molecule has 4 heteroatoms. The number of benzene rings is 1. The van der Waals surface area contributed by atoms with Crippen LogP contribution in [0.2, 0.25) is 0 Å². The highest BCUT2D eigenvalue weighted by molar-refractivity contribution is 5.42. The van der Waals surface area contributed by atoms with Gasteiger partial charge in [0.2, 0.25) is 0 Å². The average Bonchev–Trinajstić information content (AvgIpc) is 2.37. The molecule has 3 N–H and O–H groups in total. The Bertz CT molecular complexity index is 391. The summed E-state index contributed by atoms with van der Waals surface area (Å²) in [5.41, 5.74) is 4.01. The van der Waals surface area contributed by atoms with E-state index in [4.69, 9.17) is 15.3 Å². The molecule has 1 aromatic carbocycles. The molecule has 0 radical (unpaired) electrons. The van der Waals surface area contributed by atoms with E-state index in [9.17, 15) is 0 Å². The highest BCUT2D eigenvalue weighted by Crippen LogP contribution is 2.37. The minimum absolute atomic E-state index is 0.149. The quantitative estimate of drug-likeness (QED) is 0.601. The molecule has 4 nitrogen and oxygen atoms in total. The van der Waals surface area contributed by atoms with Crippen molar-refractivity contribution in [1.29, 1.82) is 0 Å². The second kappa shape index (κ2) is 6.07. The molecular weight excluding hydrogens is 228 g/mol. The maximum absolute atomic E-state index is 5.69. The van der Waals surface area contributed by atoms with Crippen LogP contribution in [0.5, 0.6) is 11.5 Å². The number of nitrogens with two attached hydrogens (primary N) is 1. The summed E-state index contributed by atoms with van der Waals surface area (Å²) < 4.78 is 10.6. The number of ether oxygens (including phenoxy) is 2. The van der Waals surface area contributed by atoms with Crippen LogP contribution in [0, 0.1) is 5.92 Å². The Hall–Kier alpha value is -1.26. The molecule has 1 aliphatic carbocycles. The molecule has 1 fully saturated rings. The van der Waals surface area contributed by atoms with E-state index in [-0.39, 0.29) is 6.04 Å². The van der Waals surface area contributed by atoms with E-state index in [0.29, 0.717) is 0 Å². The molecule has 0 aliphatic heterocycles. The first kappa shape index (κ1) is 13.2. The van der Waals surface area contributed by atoms with Crippen LogP contribution in [0.3, 0.4) is 0 Å². The van der Waals surface area contributed by atoms with Crippen molar-refractivity contribution >= 4 is 0 Å². The summed E-state index contributed by atoms with van der Waals surface area (Å²) in [7, 11) is 3.33. The van der Waals surface area contributed by atoms with Crippen LogP contribution >= 0.6 is 0 Å². The molecule has 0 spiro atoms. The lowest BCUT2D eigenvalue weighted by molar-refractivity contribution is 0.259. The third-order valence-corrected chi connectivity index (χ3v) is 3.81. The second-order valence-corrected chi connectivity index (χ2v) is 4.86. The van der Waals surface area contributed by atoms with Crippen molar-refractivity contribution in [3.63, 3.8) is 0 Å². The summed E-state index contributed by atoms with van der Waals surface area (Å²) in [6.45, 7) is 0. The zero-order valence-electron chi connectivity index (χ0n) is 11.1. The van der Waals surface area contributed by atoms with Crippen LogP contribution < -0.4 is 20.7 Å². The minimum Gasteiger partial charge on any atom is -0.497 e. The van der Waals surface area contributed by atoms with Gasteiger partial charge in [-0.1, -0.05) is 25.3 Å². The topological polar surface area (TPSA) is 56.5 Å². The lowest BCUT2D eigenvalue weighted by Crippen LogP contribution is -2.31.